The molecule has 7 nitrogen and oxygen atoms in total. The van der Waals surface area contributed by atoms with E-state index in [1.54, 1.807) is 25.3 Å². The van der Waals surface area contributed by atoms with E-state index in [1.807, 2.05) is 54.7 Å². The molecule has 0 saturated heterocycles. The van der Waals surface area contributed by atoms with Crippen molar-refractivity contribution in [2.75, 3.05) is 31.8 Å². The number of nitrogens with one attached hydrogen (secondary N) is 2. The monoisotopic (exact) mass is 567 g/mol. The standard InChI is InChI=1S/C27H26BrN3O4S/c1-34-23-12-7-18(15-24(23)35-2)27(33)29-13-14-31-16-25(21-5-3-4-6-22(21)31)36-17-26(32)30-20-10-8-19(28)9-11-20/h3-12,15-16H,13-14,17H2,1-2H3,(H,29,33)(H,30,32). The summed E-state index contributed by atoms with van der Waals surface area (Å²) in [5.74, 6) is 1.11. The zero-order valence-corrected chi connectivity index (χ0v) is 22.3. The molecule has 0 atom stereocenters. The van der Waals surface area contributed by atoms with E-state index < -0.39 is 0 Å². The van der Waals surface area contributed by atoms with Crippen molar-refractivity contribution < 1.29 is 19.1 Å². The highest BCUT2D eigenvalue weighted by atomic mass is 79.9. The summed E-state index contributed by atoms with van der Waals surface area (Å²) in [5.41, 5.74) is 2.31. The predicted octanol–water partition coefficient (Wildman–Crippen LogP) is 5.58. The van der Waals surface area contributed by atoms with Crippen LogP contribution in [0, 0.1) is 0 Å². The van der Waals surface area contributed by atoms with Gasteiger partial charge in [-0.2, -0.15) is 0 Å². The number of aromatic nitrogens is 1. The Hall–Kier alpha value is -3.43. The van der Waals surface area contributed by atoms with Crippen molar-refractivity contribution in [3.63, 3.8) is 0 Å². The molecular formula is C27H26BrN3O4S. The molecule has 2 N–H and O–H groups in total. The number of thioether (sulfide) groups is 1. The Morgan fingerprint density at radius 1 is 0.972 bits per heavy atom. The van der Waals surface area contributed by atoms with Gasteiger partial charge in [0, 0.05) is 50.8 Å². The topological polar surface area (TPSA) is 81.6 Å². The lowest BCUT2D eigenvalue weighted by atomic mass is 10.2. The van der Waals surface area contributed by atoms with Crippen LogP contribution in [0.2, 0.25) is 0 Å². The lowest BCUT2D eigenvalue weighted by molar-refractivity contribution is -0.113. The minimum atomic E-state index is -0.188. The van der Waals surface area contributed by atoms with Crippen molar-refractivity contribution in [1.29, 1.82) is 0 Å². The van der Waals surface area contributed by atoms with Gasteiger partial charge in [-0.25, -0.2) is 0 Å². The van der Waals surface area contributed by atoms with E-state index in [2.05, 4.69) is 31.1 Å². The molecule has 1 heterocycles. The van der Waals surface area contributed by atoms with E-state index in [0.29, 0.717) is 35.9 Å². The van der Waals surface area contributed by atoms with E-state index in [4.69, 9.17) is 9.47 Å². The Bertz CT molecular complexity index is 1370. The molecule has 186 valence electrons. The second-order valence-corrected chi connectivity index (χ2v) is 9.81. The first-order valence-corrected chi connectivity index (χ1v) is 13.0. The first kappa shape index (κ1) is 25.7. The fourth-order valence-electron chi connectivity index (χ4n) is 3.76. The minimum absolute atomic E-state index is 0.0682. The summed E-state index contributed by atoms with van der Waals surface area (Å²) < 4.78 is 13.6. The lowest BCUT2D eigenvalue weighted by Crippen LogP contribution is -2.27. The minimum Gasteiger partial charge on any atom is -0.493 e. The number of carbonyl (C=O) groups is 2. The van der Waals surface area contributed by atoms with E-state index in [-0.39, 0.29) is 11.8 Å². The third-order valence-electron chi connectivity index (χ3n) is 5.52. The molecular weight excluding hydrogens is 542 g/mol. The SMILES string of the molecule is COc1ccc(C(=O)NCCn2cc(SCC(=O)Nc3ccc(Br)cc3)c3ccccc32)cc1OC. The Kier molecular flexibility index (Phi) is 8.56. The number of nitrogens with zero attached hydrogens (tertiary/aromatic N) is 1. The smallest absolute Gasteiger partial charge is 0.251 e. The van der Waals surface area contributed by atoms with Crippen molar-refractivity contribution in [2.24, 2.45) is 0 Å². The quantitative estimate of drug-likeness (QED) is 0.244. The molecule has 36 heavy (non-hydrogen) atoms. The van der Waals surface area contributed by atoms with Crippen LogP contribution in [0.3, 0.4) is 0 Å². The average molecular weight is 568 g/mol. The zero-order chi connectivity index (χ0) is 25.5. The lowest BCUT2D eigenvalue weighted by Gasteiger charge is -2.10. The number of methoxy groups -OCH3 is 2. The third kappa shape index (κ3) is 6.22. The van der Waals surface area contributed by atoms with Crippen LogP contribution in [0.5, 0.6) is 11.5 Å². The number of benzene rings is 3. The van der Waals surface area contributed by atoms with Crippen LogP contribution in [-0.2, 0) is 11.3 Å². The van der Waals surface area contributed by atoms with Gasteiger partial charge in [-0.05, 0) is 48.5 Å². The highest BCUT2D eigenvalue weighted by molar-refractivity contribution is 9.10. The number of ether oxygens (including phenoxy) is 2. The summed E-state index contributed by atoms with van der Waals surface area (Å²) in [7, 11) is 3.09. The first-order valence-electron chi connectivity index (χ1n) is 11.2. The average Bonchev–Trinajstić information content (AvgIpc) is 3.26. The summed E-state index contributed by atoms with van der Waals surface area (Å²) in [6.07, 6.45) is 2.03. The second kappa shape index (κ2) is 12.0. The van der Waals surface area contributed by atoms with Gasteiger partial charge in [0.2, 0.25) is 5.91 Å². The summed E-state index contributed by atoms with van der Waals surface area (Å²) in [6, 6.07) is 20.6. The fraction of sp³-hybridized carbons (Fsp3) is 0.185. The van der Waals surface area contributed by atoms with Crippen molar-refractivity contribution in [2.45, 2.75) is 11.4 Å². The number of rotatable bonds is 10. The second-order valence-electron chi connectivity index (χ2n) is 7.87. The molecule has 0 spiro atoms. The molecule has 0 aliphatic rings. The molecule has 0 saturated carbocycles. The van der Waals surface area contributed by atoms with Gasteiger partial charge in [0.15, 0.2) is 11.5 Å². The fourth-order valence-corrected chi connectivity index (χ4v) is 4.91. The number of para-hydroxylation sites is 1. The predicted molar refractivity (Wildman–Crippen MR) is 147 cm³/mol. The van der Waals surface area contributed by atoms with E-state index in [0.717, 1.165) is 26.0 Å². The van der Waals surface area contributed by atoms with E-state index in [9.17, 15) is 9.59 Å². The van der Waals surface area contributed by atoms with Crippen LogP contribution in [0.1, 0.15) is 10.4 Å². The normalized spacial score (nSPS) is 10.8. The summed E-state index contributed by atoms with van der Waals surface area (Å²) in [4.78, 5) is 26.1. The molecule has 0 aliphatic heterocycles. The van der Waals surface area contributed by atoms with Gasteiger partial charge in [0.1, 0.15) is 0 Å². The molecule has 0 radical (unpaired) electrons. The number of halogens is 1. The number of amides is 2. The number of hydrogen-bond donors (Lipinski definition) is 2. The Labute approximate surface area is 222 Å². The molecule has 9 heteroatoms. The third-order valence-corrected chi connectivity index (χ3v) is 7.09. The summed E-state index contributed by atoms with van der Waals surface area (Å²) in [6.45, 7) is 1.03. The van der Waals surface area contributed by atoms with Gasteiger partial charge in [-0.1, -0.05) is 34.1 Å². The highest BCUT2D eigenvalue weighted by Gasteiger charge is 2.13. The molecule has 4 aromatic rings. The van der Waals surface area contributed by atoms with E-state index >= 15 is 0 Å². The molecule has 0 aliphatic carbocycles. The summed E-state index contributed by atoms with van der Waals surface area (Å²) >= 11 is 4.89. The Morgan fingerprint density at radius 3 is 2.47 bits per heavy atom. The largest absolute Gasteiger partial charge is 0.493 e. The van der Waals surface area contributed by atoms with E-state index in [1.165, 1.54) is 18.9 Å². The van der Waals surface area contributed by atoms with Crippen LogP contribution in [-0.4, -0.2) is 42.9 Å². The highest BCUT2D eigenvalue weighted by Crippen LogP contribution is 2.30. The number of hydrogen-bond acceptors (Lipinski definition) is 5. The molecule has 0 bridgehead atoms. The van der Waals surface area contributed by atoms with Crippen LogP contribution < -0.4 is 20.1 Å². The van der Waals surface area contributed by atoms with Gasteiger partial charge in [-0.15, -0.1) is 11.8 Å². The number of fused-ring (bicyclic) bond motifs is 1. The number of anilines is 1. The van der Waals surface area contributed by atoms with Crippen molar-refractivity contribution >= 4 is 56.1 Å². The zero-order valence-electron chi connectivity index (χ0n) is 19.9. The van der Waals surface area contributed by atoms with Gasteiger partial charge < -0.3 is 24.7 Å². The first-order chi connectivity index (χ1) is 17.5. The van der Waals surface area contributed by atoms with Crippen LogP contribution in [0.25, 0.3) is 10.9 Å². The maximum absolute atomic E-state index is 12.6. The molecule has 4 rings (SSSR count). The van der Waals surface area contributed by atoms with Gasteiger partial charge in [0.05, 0.1) is 20.0 Å². The van der Waals surface area contributed by atoms with Gasteiger partial charge in [-0.3, -0.25) is 9.59 Å². The van der Waals surface area contributed by atoms with Gasteiger partial charge in [0.25, 0.3) is 5.91 Å². The molecule has 2 amide bonds. The van der Waals surface area contributed by atoms with Crippen LogP contribution in [0.15, 0.2) is 82.3 Å². The van der Waals surface area contributed by atoms with Crippen molar-refractivity contribution in [1.82, 2.24) is 9.88 Å². The molecule has 3 aromatic carbocycles. The Morgan fingerprint density at radius 2 is 1.72 bits per heavy atom. The van der Waals surface area contributed by atoms with Crippen molar-refractivity contribution in [3.05, 3.63) is 83.0 Å². The molecule has 1 aromatic heterocycles. The maximum Gasteiger partial charge on any atom is 0.251 e. The van der Waals surface area contributed by atoms with Crippen LogP contribution >= 0.6 is 27.7 Å². The summed E-state index contributed by atoms with van der Waals surface area (Å²) in [5, 5.41) is 6.96. The van der Waals surface area contributed by atoms with Crippen molar-refractivity contribution in [3.8, 4) is 11.5 Å². The maximum atomic E-state index is 12.6. The van der Waals surface area contributed by atoms with Crippen LogP contribution in [0.4, 0.5) is 5.69 Å². The Balaban J connectivity index is 1.38. The van der Waals surface area contributed by atoms with Gasteiger partial charge >= 0.3 is 0 Å². The number of carbonyl (C=O) groups excluding carboxylic acids is 2. The molecule has 0 unspecified atom stereocenters. The molecule has 0 fully saturated rings.